The van der Waals surface area contributed by atoms with Crippen LogP contribution in [0.25, 0.3) is 0 Å². The highest BCUT2D eigenvalue weighted by Crippen LogP contribution is 2.60. The van der Waals surface area contributed by atoms with Crippen LogP contribution in [0.5, 0.6) is 0 Å². The van der Waals surface area contributed by atoms with Gasteiger partial charge in [0.15, 0.2) is 0 Å². The van der Waals surface area contributed by atoms with E-state index in [1.807, 2.05) is 0 Å². The van der Waals surface area contributed by atoms with Gasteiger partial charge >= 0.3 is 0 Å². The molecule has 0 radical (unpaired) electrons. The largest absolute Gasteiger partial charge is 0.303 e. The average molecular weight is 192 g/mol. The molecule has 78 valence electrons. The van der Waals surface area contributed by atoms with Gasteiger partial charge in [0.05, 0.1) is 0 Å². The van der Waals surface area contributed by atoms with E-state index in [1.165, 1.54) is 32.1 Å². The van der Waals surface area contributed by atoms with Gasteiger partial charge in [0.25, 0.3) is 0 Å². The van der Waals surface area contributed by atoms with Gasteiger partial charge in [0.1, 0.15) is 6.29 Å². The van der Waals surface area contributed by atoms with E-state index in [9.17, 15) is 4.79 Å². The van der Waals surface area contributed by atoms with Crippen molar-refractivity contribution in [3.8, 4) is 0 Å². The maximum Gasteiger partial charge on any atom is 0.120 e. The fraction of sp³-hybridized carbons (Fsp3) is 0.923. The van der Waals surface area contributed by atoms with E-state index in [0.29, 0.717) is 0 Å². The standard InChI is InChI=1S/C13H20O/c14-5-1-2-9-6-12-10-3-4-11(8-10)13(12)7-9/h5,9-13H,1-4,6-8H2. The summed E-state index contributed by atoms with van der Waals surface area (Å²) in [5.41, 5.74) is 0. The summed E-state index contributed by atoms with van der Waals surface area (Å²) >= 11 is 0. The SMILES string of the molecule is O=CCCC1CC2C3CCC(C3)C2C1. The Morgan fingerprint density at radius 2 is 1.64 bits per heavy atom. The highest BCUT2D eigenvalue weighted by atomic mass is 16.1. The van der Waals surface area contributed by atoms with Crippen molar-refractivity contribution >= 4 is 6.29 Å². The maximum absolute atomic E-state index is 10.3. The molecule has 0 aromatic carbocycles. The maximum atomic E-state index is 10.3. The summed E-state index contributed by atoms with van der Waals surface area (Å²) in [6, 6.07) is 0. The number of hydrogen-bond acceptors (Lipinski definition) is 1. The van der Waals surface area contributed by atoms with Crippen molar-refractivity contribution in [2.75, 3.05) is 0 Å². The Hall–Kier alpha value is -0.330. The molecule has 1 nitrogen and oxygen atoms in total. The Balaban J connectivity index is 1.62. The number of aldehydes is 1. The quantitative estimate of drug-likeness (QED) is 0.628. The zero-order valence-electron chi connectivity index (χ0n) is 8.82. The van der Waals surface area contributed by atoms with E-state index in [4.69, 9.17) is 0 Å². The van der Waals surface area contributed by atoms with E-state index in [-0.39, 0.29) is 0 Å². The van der Waals surface area contributed by atoms with Gasteiger partial charge in [-0.2, -0.15) is 0 Å². The number of hydrogen-bond donors (Lipinski definition) is 0. The van der Waals surface area contributed by atoms with Crippen LogP contribution >= 0.6 is 0 Å². The molecule has 14 heavy (non-hydrogen) atoms. The minimum absolute atomic E-state index is 0.805. The Morgan fingerprint density at radius 3 is 2.21 bits per heavy atom. The third kappa shape index (κ3) is 1.24. The molecule has 0 aromatic rings. The van der Waals surface area contributed by atoms with Gasteiger partial charge in [0, 0.05) is 6.42 Å². The van der Waals surface area contributed by atoms with Crippen LogP contribution in [0.2, 0.25) is 0 Å². The zero-order chi connectivity index (χ0) is 9.54. The Bertz CT molecular complexity index is 217. The van der Waals surface area contributed by atoms with Crippen molar-refractivity contribution in [3.05, 3.63) is 0 Å². The summed E-state index contributed by atoms with van der Waals surface area (Å²) < 4.78 is 0. The lowest BCUT2D eigenvalue weighted by Crippen LogP contribution is -2.15. The molecule has 4 unspecified atom stereocenters. The average Bonchev–Trinajstić information content (AvgIpc) is 2.85. The molecule has 0 saturated heterocycles. The third-order valence-corrected chi connectivity index (χ3v) is 5.18. The molecular formula is C13H20O. The molecule has 3 aliphatic rings. The first-order valence-corrected chi connectivity index (χ1v) is 6.32. The first-order chi connectivity index (χ1) is 6.88. The molecule has 4 atom stereocenters. The Morgan fingerprint density at radius 1 is 1.00 bits per heavy atom. The molecule has 0 aliphatic heterocycles. The molecule has 0 heterocycles. The van der Waals surface area contributed by atoms with Crippen molar-refractivity contribution in [2.45, 2.75) is 44.9 Å². The summed E-state index contributed by atoms with van der Waals surface area (Å²) in [6.45, 7) is 0. The molecule has 0 N–H and O–H groups in total. The summed E-state index contributed by atoms with van der Waals surface area (Å²) in [5, 5.41) is 0. The van der Waals surface area contributed by atoms with Gasteiger partial charge in [-0.3, -0.25) is 0 Å². The molecule has 3 fully saturated rings. The van der Waals surface area contributed by atoms with Crippen LogP contribution < -0.4 is 0 Å². The van der Waals surface area contributed by atoms with Crippen LogP contribution in [-0.2, 0) is 4.79 Å². The normalized spacial score (nSPS) is 49.6. The zero-order valence-corrected chi connectivity index (χ0v) is 8.82. The smallest absolute Gasteiger partial charge is 0.120 e. The molecular weight excluding hydrogens is 172 g/mol. The van der Waals surface area contributed by atoms with Crippen LogP contribution in [0, 0.1) is 29.6 Å². The molecule has 3 aliphatic carbocycles. The van der Waals surface area contributed by atoms with E-state index in [0.717, 1.165) is 42.3 Å². The molecule has 0 spiro atoms. The third-order valence-electron chi connectivity index (χ3n) is 5.18. The van der Waals surface area contributed by atoms with Crippen molar-refractivity contribution in [1.82, 2.24) is 0 Å². The summed E-state index contributed by atoms with van der Waals surface area (Å²) in [4.78, 5) is 10.3. The monoisotopic (exact) mass is 192 g/mol. The second-order valence-corrected chi connectivity index (χ2v) is 5.74. The summed E-state index contributed by atoms with van der Waals surface area (Å²) in [6.07, 6.45) is 10.6. The van der Waals surface area contributed by atoms with E-state index < -0.39 is 0 Å². The van der Waals surface area contributed by atoms with Crippen molar-refractivity contribution < 1.29 is 4.79 Å². The fourth-order valence-electron chi connectivity index (χ4n) is 4.67. The van der Waals surface area contributed by atoms with E-state index >= 15 is 0 Å². The molecule has 3 rings (SSSR count). The molecule has 3 saturated carbocycles. The first kappa shape index (κ1) is 8.94. The molecule has 0 amide bonds. The highest BCUT2D eigenvalue weighted by Gasteiger charge is 2.51. The summed E-state index contributed by atoms with van der Waals surface area (Å²) in [5.74, 6) is 5.23. The van der Waals surface area contributed by atoms with Crippen LogP contribution in [0.15, 0.2) is 0 Å². The van der Waals surface area contributed by atoms with E-state index in [1.54, 1.807) is 6.42 Å². The minimum Gasteiger partial charge on any atom is -0.303 e. The van der Waals surface area contributed by atoms with Crippen molar-refractivity contribution in [3.63, 3.8) is 0 Å². The minimum atomic E-state index is 0.805. The van der Waals surface area contributed by atoms with Crippen molar-refractivity contribution in [2.24, 2.45) is 29.6 Å². The topological polar surface area (TPSA) is 17.1 Å². The highest BCUT2D eigenvalue weighted by molar-refractivity contribution is 5.49. The van der Waals surface area contributed by atoms with Gasteiger partial charge in [-0.15, -0.1) is 0 Å². The fourth-order valence-corrected chi connectivity index (χ4v) is 4.67. The number of carbonyl (C=O) groups excluding carboxylic acids is 1. The number of carbonyl (C=O) groups is 1. The summed E-state index contributed by atoms with van der Waals surface area (Å²) in [7, 11) is 0. The van der Waals surface area contributed by atoms with Gasteiger partial charge in [-0.05, 0) is 68.1 Å². The van der Waals surface area contributed by atoms with Crippen LogP contribution in [0.3, 0.4) is 0 Å². The van der Waals surface area contributed by atoms with Crippen LogP contribution in [-0.4, -0.2) is 6.29 Å². The predicted octanol–water partition coefficient (Wildman–Crippen LogP) is 3.04. The number of rotatable bonds is 3. The number of fused-ring (bicyclic) bond motifs is 5. The van der Waals surface area contributed by atoms with Gasteiger partial charge < -0.3 is 4.79 Å². The van der Waals surface area contributed by atoms with Crippen molar-refractivity contribution in [1.29, 1.82) is 0 Å². The van der Waals surface area contributed by atoms with Gasteiger partial charge in [0.2, 0.25) is 0 Å². The lowest BCUT2D eigenvalue weighted by Gasteiger charge is -2.23. The van der Waals surface area contributed by atoms with Gasteiger partial charge in [-0.1, -0.05) is 0 Å². The molecule has 1 heteroatoms. The second-order valence-electron chi connectivity index (χ2n) is 5.74. The Kier molecular flexibility index (Phi) is 2.14. The van der Waals surface area contributed by atoms with Gasteiger partial charge in [-0.25, -0.2) is 0 Å². The molecule has 2 bridgehead atoms. The van der Waals surface area contributed by atoms with Crippen LogP contribution in [0.4, 0.5) is 0 Å². The second kappa shape index (κ2) is 3.36. The predicted molar refractivity (Wildman–Crippen MR) is 55.8 cm³/mol. The van der Waals surface area contributed by atoms with Crippen LogP contribution in [0.1, 0.15) is 44.9 Å². The Labute approximate surface area is 86.3 Å². The lowest BCUT2D eigenvalue weighted by molar-refractivity contribution is -0.108. The first-order valence-electron chi connectivity index (χ1n) is 6.32. The lowest BCUT2D eigenvalue weighted by atomic mass is 9.82. The molecule has 0 aromatic heterocycles. The van der Waals surface area contributed by atoms with E-state index in [2.05, 4.69) is 0 Å².